The van der Waals surface area contributed by atoms with E-state index in [1.165, 1.54) is 12.8 Å². The van der Waals surface area contributed by atoms with Gasteiger partial charge in [-0.1, -0.05) is 11.8 Å². The standard InChI is InChI=1S/C15H19N5OS.CH2O2/c21-14(6-12-9-22-15-17-4-1-5-19(12)15)18-8-13-7-16-10-20(13)11-2-3-11;2-1-3/h7,9-11H,1-6,8H2,(H,18,21);1H,(H,2,3). The lowest BCUT2D eigenvalue weighted by Gasteiger charge is -2.25. The van der Waals surface area contributed by atoms with E-state index in [0.29, 0.717) is 19.0 Å². The first-order chi connectivity index (χ1) is 12.2. The fraction of sp³-hybridized carbons (Fsp3) is 0.500. The molecule has 1 aromatic rings. The third kappa shape index (κ3) is 4.41. The lowest BCUT2D eigenvalue weighted by molar-refractivity contribution is -0.123. The molecule has 0 bridgehead atoms. The molecule has 2 N–H and O–H groups in total. The molecule has 0 saturated heterocycles. The van der Waals surface area contributed by atoms with Crippen LogP contribution in [0.4, 0.5) is 0 Å². The van der Waals surface area contributed by atoms with Gasteiger partial charge in [0, 0.05) is 31.0 Å². The summed E-state index contributed by atoms with van der Waals surface area (Å²) in [6, 6.07) is 0.593. The third-order valence-electron chi connectivity index (χ3n) is 4.16. The van der Waals surface area contributed by atoms with Crippen LogP contribution in [0.2, 0.25) is 0 Å². The Labute approximate surface area is 150 Å². The molecular weight excluding hydrogens is 342 g/mol. The molecule has 0 radical (unpaired) electrons. The molecule has 134 valence electrons. The number of hydrogen-bond donors (Lipinski definition) is 2. The molecule has 25 heavy (non-hydrogen) atoms. The number of carbonyl (C=O) groups excluding carboxylic acids is 1. The SMILES string of the molecule is O=C(CC1=CSC2=NCCCN12)NCc1cncn1C1CC1.O=CO. The Kier molecular flexibility index (Phi) is 5.75. The summed E-state index contributed by atoms with van der Waals surface area (Å²) < 4.78 is 2.18. The van der Waals surface area contributed by atoms with Gasteiger partial charge in [0.25, 0.3) is 6.47 Å². The van der Waals surface area contributed by atoms with E-state index in [0.717, 1.165) is 36.1 Å². The predicted octanol–water partition coefficient (Wildman–Crippen LogP) is 1.57. The minimum Gasteiger partial charge on any atom is -0.483 e. The summed E-state index contributed by atoms with van der Waals surface area (Å²) in [6.07, 6.45) is 7.63. The van der Waals surface area contributed by atoms with Gasteiger partial charge in [0.05, 0.1) is 25.0 Å². The van der Waals surface area contributed by atoms with E-state index in [2.05, 4.69) is 30.2 Å². The van der Waals surface area contributed by atoms with Crippen molar-refractivity contribution in [3.8, 4) is 0 Å². The lowest BCUT2D eigenvalue weighted by Crippen LogP contribution is -2.32. The van der Waals surface area contributed by atoms with Gasteiger partial charge in [0.1, 0.15) is 0 Å². The molecule has 8 nitrogen and oxygen atoms in total. The summed E-state index contributed by atoms with van der Waals surface area (Å²) >= 11 is 1.63. The van der Waals surface area contributed by atoms with E-state index in [-0.39, 0.29) is 12.4 Å². The van der Waals surface area contributed by atoms with Crippen molar-refractivity contribution in [2.45, 2.75) is 38.3 Å². The summed E-state index contributed by atoms with van der Waals surface area (Å²) in [5, 5.41) is 13.0. The zero-order valence-corrected chi connectivity index (χ0v) is 14.6. The fourth-order valence-corrected chi connectivity index (χ4v) is 3.79. The number of amidine groups is 1. The number of rotatable bonds is 5. The van der Waals surface area contributed by atoms with Crippen LogP contribution in [0.25, 0.3) is 0 Å². The zero-order chi connectivity index (χ0) is 17.6. The Morgan fingerprint density at radius 2 is 2.28 bits per heavy atom. The van der Waals surface area contributed by atoms with E-state index in [1.54, 1.807) is 11.8 Å². The average Bonchev–Trinajstić information content (AvgIpc) is 3.22. The van der Waals surface area contributed by atoms with Crippen LogP contribution in [0.3, 0.4) is 0 Å². The summed E-state index contributed by atoms with van der Waals surface area (Å²) in [5.41, 5.74) is 2.16. The average molecular weight is 363 g/mol. The van der Waals surface area contributed by atoms with Crippen LogP contribution in [-0.2, 0) is 16.1 Å². The number of amides is 1. The molecule has 9 heteroatoms. The van der Waals surface area contributed by atoms with Gasteiger partial charge >= 0.3 is 0 Å². The normalized spacial score (nSPS) is 18.5. The van der Waals surface area contributed by atoms with Gasteiger partial charge < -0.3 is 19.9 Å². The highest BCUT2D eigenvalue weighted by Gasteiger charge is 2.27. The summed E-state index contributed by atoms with van der Waals surface area (Å²) in [7, 11) is 0. The number of fused-ring (bicyclic) bond motifs is 1. The Morgan fingerprint density at radius 3 is 3.04 bits per heavy atom. The molecule has 1 saturated carbocycles. The van der Waals surface area contributed by atoms with Crippen LogP contribution < -0.4 is 5.32 Å². The molecule has 1 aromatic heterocycles. The number of imidazole rings is 1. The van der Waals surface area contributed by atoms with Crippen LogP contribution in [0.15, 0.2) is 28.6 Å². The number of nitrogens with one attached hydrogen (secondary N) is 1. The summed E-state index contributed by atoms with van der Waals surface area (Å²) in [5.74, 6) is 0.0576. The summed E-state index contributed by atoms with van der Waals surface area (Å²) in [6.45, 7) is 2.17. The fourth-order valence-electron chi connectivity index (χ4n) is 2.84. The molecule has 0 atom stereocenters. The molecular formula is C16H21N5O3S. The van der Waals surface area contributed by atoms with Crippen LogP contribution in [-0.4, -0.2) is 50.2 Å². The number of thioether (sulfide) groups is 1. The smallest absolute Gasteiger partial charge is 0.290 e. The molecule has 0 unspecified atom stereocenters. The molecule has 2 aliphatic heterocycles. The van der Waals surface area contributed by atoms with Gasteiger partial charge in [-0.25, -0.2) is 4.98 Å². The van der Waals surface area contributed by atoms with Crippen molar-refractivity contribution in [2.24, 2.45) is 4.99 Å². The van der Waals surface area contributed by atoms with Crippen molar-refractivity contribution in [3.05, 3.63) is 29.3 Å². The Morgan fingerprint density at radius 1 is 1.48 bits per heavy atom. The number of carbonyl (C=O) groups is 2. The summed E-state index contributed by atoms with van der Waals surface area (Å²) in [4.78, 5) is 31.4. The van der Waals surface area contributed by atoms with Crippen molar-refractivity contribution >= 4 is 29.3 Å². The van der Waals surface area contributed by atoms with Crippen molar-refractivity contribution in [2.75, 3.05) is 13.1 Å². The molecule has 3 heterocycles. The van der Waals surface area contributed by atoms with E-state index >= 15 is 0 Å². The van der Waals surface area contributed by atoms with E-state index in [1.807, 2.05) is 12.5 Å². The number of carboxylic acid groups (broad SMARTS) is 1. The second-order valence-electron chi connectivity index (χ2n) is 5.98. The van der Waals surface area contributed by atoms with Gasteiger partial charge in [-0.2, -0.15) is 0 Å². The molecule has 3 aliphatic rings. The number of hydrogen-bond acceptors (Lipinski definition) is 6. The monoisotopic (exact) mass is 363 g/mol. The van der Waals surface area contributed by atoms with E-state index in [4.69, 9.17) is 9.90 Å². The topological polar surface area (TPSA) is 99.8 Å². The van der Waals surface area contributed by atoms with E-state index < -0.39 is 0 Å². The Balaban J connectivity index is 0.000000569. The first kappa shape index (κ1) is 17.5. The van der Waals surface area contributed by atoms with Crippen LogP contribution in [0, 0.1) is 0 Å². The second kappa shape index (κ2) is 8.19. The second-order valence-corrected chi connectivity index (χ2v) is 6.82. The number of aliphatic imine (C=N–C) groups is 1. The minimum atomic E-state index is -0.250. The predicted molar refractivity (Wildman–Crippen MR) is 95.0 cm³/mol. The van der Waals surface area contributed by atoms with Crippen LogP contribution in [0.1, 0.15) is 37.4 Å². The molecule has 0 spiro atoms. The maximum atomic E-state index is 12.2. The Bertz CT molecular complexity index is 696. The quantitative estimate of drug-likeness (QED) is 0.771. The highest BCUT2D eigenvalue weighted by molar-refractivity contribution is 8.16. The van der Waals surface area contributed by atoms with Crippen LogP contribution in [0.5, 0.6) is 0 Å². The first-order valence-corrected chi connectivity index (χ1v) is 9.14. The van der Waals surface area contributed by atoms with Gasteiger partial charge in [-0.3, -0.25) is 14.6 Å². The van der Waals surface area contributed by atoms with Crippen LogP contribution >= 0.6 is 11.8 Å². The highest BCUT2D eigenvalue weighted by atomic mass is 32.2. The highest BCUT2D eigenvalue weighted by Crippen LogP contribution is 2.35. The van der Waals surface area contributed by atoms with Gasteiger partial charge in [0.15, 0.2) is 5.17 Å². The van der Waals surface area contributed by atoms with Gasteiger partial charge in [0.2, 0.25) is 5.91 Å². The lowest BCUT2D eigenvalue weighted by atomic mass is 10.2. The molecule has 1 amide bonds. The molecule has 1 fully saturated rings. The molecule has 0 aromatic carbocycles. The number of aromatic nitrogens is 2. The van der Waals surface area contributed by atoms with E-state index in [9.17, 15) is 4.79 Å². The zero-order valence-electron chi connectivity index (χ0n) is 13.8. The van der Waals surface area contributed by atoms with Crippen molar-refractivity contribution in [1.82, 2.24) is 19.8 Å². The maximum Gasteiger partial charge on any atom is 0.290 e. The van der Waals surface area contributed by atoms with Gasteiger partial charge in [-0.05, 0) is 24.7 Å². The van der Waals surface area contributed by atoms with Crippen molar-refractivity contribution in [3.63, 3.8) is 0 Å². The third-order valence-corrected chi connectivity index (χ3v) is 5.11. The largest absolute Gasteiger partial charge is 0.483 e. The Hall–Kier alpha value is -2.29. The maximum absolute atomic E-state index is 12.2. The van der Waals surface area contributed by atoms with Crippen molar-refractivity contribution in [1.29, 1.82) is 0 Å². The molecule has 1 aliphatic carbocycles. The number of nitrogens with zero attached hydrogens (tertiary/aromatic N) is 4. The van der Waals surface area contributed by atoms with Crippen molar-refractivity contribution < 1.29 is 14.7 Å². The molecule has 4 rings (SSSR count). The first-order valence-electron chi connectivity index (χ1n) is 8.26. The van der Waals surface area contributed by atoms with Gasteiger partial charge in [-0.15, -0.1) is 0 Å². The minimum absolute atomic E-state index is 0.0576.